The van der Waals surface area contributed by atoms with Crippen molar-refractivity contribution in [1.82, 2.24) is 15.0 Å². The summed E-state index contributed by atoms with van der Waals surface area (Å²) >= 11 is 1.32. The zero-order valence-corrected chi connectivity index (χ0v) is 12.9. The molecule has 0 aliphatic heterocycles. The quantitative estimate of drug-likeness (QED) is 0.767. The molecule has 0 aliphatic carbocycles. The van der Waals surface area contributed by atoms with E-state index in [2.05, 4.69) is 25.6 Å². The van der Waals surface area contributed by atoms with Crippen molar-refractivity contribution in [2.24, 2.45) is 0 Å². The number of aryl methyl sites for hydroxylation is 1. The normalized spacial score (nSPS) is 10.3. The van der Waals surface area contributed by atoms with Crippen LogP contribution in [0, 0.1) is 12.7 Å². The lowest BCUT2D eigenvalue weighted by Gasteiger charge is -2.09. The number of anilines is 3. The Morgan fingerprint density at radius 3 is 2.83 bits per heavy atom. The molecule has 0 radical (unpaired) electrons. The minimum atomic E-state index is -0.439. The molecule has 2 aromatic heterocycles. The second-order valence-electron chi connectivity index (χ2n) is 4.64. The van der Waals surface area contributed by atoms with Crippen molar-refractivity contribution in [3.63, 3.8) is 0 Å². The number of benzene rings is 1. The predicted octanol–water partition coefficient (Wildman–Crippen LogP) is 3.38. The van der Waals surface area contributed by atoms with Crippen molar-refractivity contribution < 1.29 is 9.18 Å². The molecule has 116 valence electrons. The molecule has 1 amide bonds. The van der Waals surface area contributed by atoms with E-state index in [1.807, 2.05) is 12.3 Å². The fraction of sp³-hybridized carbons (Fsp3) is 0.0667. The van der Waals surface area contributed by atoms with Gasteiger partial charge >= 0.3 is 0 Å². The number of aromatic nitrogens is 3. The average Bonchev–Trinajstić information content (AvgIpc) is 2.93. The smallest absolute Gasteiger partial charge is 0.279 e. The van der Waals surface area contributed by atoms with Gasteiger partial charge in [0.2, 0.25) is 0 Å². The van der Waals surface area contributed by atoms with Crippen LogP contribution in [0.4, 0.5) is 21.0 Å². The van der Waals surface area contributed by atoms with Gasteiger partial charge in [0.1, 0.15) is 5.82 Å². The van der Waals surface area contributed by atoms with Gasteiger partial charge in [-0.1, -0.05) is 6.07 Å². The number of amides is 1. The molecule has 6 nitrogen and oxygen atoms in total. The molecule has 0 aliphatic rings. The molecule has 2 heterocycles. The van der Waals surface area contributed by atoms with Crippen LogP contribution >= 0.6 is 11.3 Å². The van der Waals surface area contributed by atoms with Crippen LogP contribution in [0.5, 0.6) is 0 Å². The van der Waals surface area contributed by atoms with Crippen molar-refractivity contribution >= 4 is 33.9 Å². The molecule has 2 N–H and O–H groups in total. The van der Waals surface area contributed by atoms with Crippen LogP contribution in [-0.2, 0) is 0 Å². The summed E-state index contributed by atoms with van der Waals surface area (Å²) < 4.78 is 13.3. The van der Waals surface area contributed by atoms with E-state index in [0.29, 0.717) is 10.8 Å². The lowest BCUT2D eigenvalue weighted by Crippen LogP contribution is -2.16. The number of carbonyl (C=O) groups is 1. The van der Waals surface area contributed by atoms with E-state index in [1.54, 1.807) is 12.1 Å². The molecule has 8 heteroatoms. The summed E-state index contributed by atoms with van der Waals surface area (Å²) in [4.78, 5) is 24.7. The Balaban J connectivity index is 1.84. The van der Waals surface area contributed by atoms with Crippen molar-refractivity contribution in [3.8, 4) is 0 Å². The second kappa shape index (κ2) is 6.49. The molecular weight excluding hydrogens is 317 g/mol. The van der Waals surface area contributed by atoms with Gasteiger partial charge in [-0.2, -0.15) is 0 Å². The number of thiazole rings is 1. The monoisotopic (exact) mass is 329 g/mol. The summed E-state index contributed by atoms with van der Waals surface area (Å²) in [5, 5.41) is 7.88. The average molecular weight is 329 g/mol. The summed E-state index contributed by atoms with van der Waals surface area (Å²) in [7, 11) is 0. The SMILES string of the molecule is Cc1csc(NC(=O)c2nccnc2Nc2cccc(F)c2)n1. The number of nitrogens with one attached hydrogen (secondary N) is 2. The Labute approximate surface area is 135 Å². The van der Waals surface area contributed by atoms with Gasteiger partial charge in [-0.25, -0.2) is 19.3 Å². The van der Waals surface area contributed by atoms with Crippen molar-refractivity contribution in [2.75, 3.05) is 10.6 Å². The van der Waals surface area contributed by atoms with Crippen LogP contribution in [0.15, 0.2) is 42.0 Å². The molecule has 0 atom stereocenters. The summed E-state index contributed by atoms with van der Waals surface area (Å²) in [6.45, 7) is 1.84. The van der Waals surface area contributed by atoms with Crippen LogP contribution in [-0.4, -0.2) is 20.9 Å². The summed E-state index contributed by atoms with van der Waals surface area (Å²) in [6, 6.07) is 5.87. The third-order valence-electron chi connectivity index (χ3n) is 2.84. The molecule has 0 spiro atoms. The van der Waals surface area contributed by atoms with Gasteiger partial charge in [0.25, 0.3) is 5.91 Å². The maximum absolute atomic E-state index is 13.3. The Kier molecular flexibility index (Phi) is 4.24. The van der Waals surface area contributed by atoms with Crippen molar-refractivity contribution in [2.45, 2.75) is 6.92 Å². The Bertz CT molecular complexity index is 851. The Morgan fingerprint density at radius 1 is 1.26 bits per heavy atom. The van der Waals surface area contributed by atoms with Crippen molar-refractivity contribution in [1.29, 1.82) is 0 Å². The lowest BCUT2D eigenvalue weighted by molar-refractivity contribution is 0.102. The highest BCUT2D eigenvalue weighted by molar-refractivity contribution is 7.13. The minimum absolute atomic E-state index is 0.101. The molecule has 0 saturated carbocycles. The zero-order valence-electron chi connectivity index (χ0n) is 12.1. The number of hydrogen-bond donors (Lipinski definition) is 2. The van der Waals surface area contributed by atoms with Gasteiger partial charge in [-0.05, 0) is 25.1 Å². The topological polar surface area (TPSA) is 79.8 Å². The highest BCUT2D eigenvalue weighted by Gasteiger charge is 2.16. The van der Waals surface area contributed by atoms with Crippen molar-refractivity contribution in [3.05, 3.63) is 59.2 Å². The van der Waals surface area contributed by atoms with E-state index in [0.717, 1.165) is 5.69 Å². The second-order valence-corrected chi connectivity index (χ2v) is 5.50. The van der Waals surface area contributed by atoms with Gasteiger partial charge in [0, 0.05) is 23.5 Å². The van der Waals surface area contributed by atoms with E-state index in [4.69, 9.17) is 0 Å². The Morgan fingerprint density at radius 2 is 2.09 bits per heavy atom. The summed E-state index contributed by atoms with van der Waals surface area (Å²) in [5.41, 5.74) is 1.40. The van der Waals surface area contributed by atoms with E-state index in [1.165, 1.54) is 35.9 Å². The highest BCUT2D eigenvalue weighted by atomic mass is 32.1. The molecular formula is C15H12FN5OS. The van der Waals surface area contributed by atoms with E-state index >= 15 is 0 Å². The molecule has 0 saturated heterocycles. The van der Waals surface area contributed by atoms with E-state index in [9.17, 15) is 9.18 Å². The minimum Gasteiger partial charge on any atom is -0.338 e. The largest absolute Gasteiger partial charge is 0.338 e. The standard InChI is InChI=1S/C15H12FN5OS/c1-9-8-23-15(19-9)21-14(22)12-13(18-6-5-17-12)20-11-4-2-3-10(16)7-11/h2-8H,1H3,(H,18,20)(H,19,21,22). The van der Waals surface area contributed by atoms with Crippen LogP contribution in [0.25, 0.3) is 0 Å². The van der Waals surface area contributed by atoms with Crippen LogP contribution in [0.2, 0.25) is 0 Å². The fourth-order valence-corrected chi connectivity index (χ4v) is 2.55. The third-order valence-corrected chi connectivity index (χ3v) is 3.72. The molecule has 23 heavy (non-hydrogen) atoms. The number of nitrogens with zero attached hydrogens (tertiary/aromatic N) is 3. The molecule has 1 aromatic carbocycles. The van der Waals surface area contributed by atoms with Gasteiger partial charge in [0.15, 0.2) is 16.6 Å². The van der Waals surface area contributed by atoms with Crippen LogP contribution < -0.4 is 10.6 Å². The molecule has 3 aromatic rings. The first-order chi connectivity index (χ1) is 11.1. The number of carbonyl (C=O) groups excluding carboxylic acids is 1. The fourth-order valence-electron chi connectivity index (χ4n) is 1.87. The first-order valence-electron chi connectivity index (χ1n) is 6.69. The maximum Gasteiger partial charge on any atom is 0.279 e. The van der Waals surface area contributed by atoms with E-state index < -0.39 is 5.91 Å². The molecule has 0 bridgehead atoms. The number of halogens is 1. The highest BCUT2D eigenvalue weighted by Crippen LogP contribution is 2.20. The van der Waals surface area contributed by atoms with Gasteiger partial charge in [-0.15, -0.1) is 11.3 Å². The summed E-state index contributed by atoms with van der Waals surface area (Å²) in [6.07, 6.45) is 2.87. The predicted molar refractivity (Wildman–Crippen MR) is 86.5 cm³/mol. The molecule has 0 unspecified atom stereocenters. The van der Waals surface area contributed by atoms with E-state index in [-0.39, 0.29) is 17.3 Å². The third kappa shape index (κ3) is 3.67. The van der Waals surface area contributed by atoms with Gasteiger partial charge < -0.3 is 5.32 Å². The Hall–Kier alpha value is -2.87. The molecule has 0 fully saturated rings. The van der Waals surface area contributed by atoms with Gasteiger partial charge in [-0.3, -0.25) is 10.1 Å². The van der Waals surface area contributed by atoms with Gasteiger partial charge in [0.05, 0.1) is 5.69 Å². The zero-order chi connectivity index (χ0) is 16.2. The first-order valence-corrected chi connectivity index (χ1v) is 7.57. The number of hydrogen-bond acceptors (Lipinski definition) is 6. The lowest BCUT2D eigenvalue weighted by atomic mass is 10.3. The molecule has 3 rings (SSSR count). The maximum atomic E-state index is 13.3. The summed E-state index contributed by atoms with van der Waals surface area (Å²) in [5.74, 6) is -0.585. The first kappa shape index (κ1) is 15.0. The number of rotatable bonds is 4. The van der Waals surface area contributed by atoms with Crippen LogP contribution in [0.1, 0.15) is 16.2 Å². The van der Waals surface area contributed by atoms with Crippen LogP contribution in [0.3, 0.4) is 0 Å².